The molecule has 0 aliphatic carbocycles. The van der Waals surface area contributed by atoms with Crippen molar-refractivity contribution in [3.8, 4) is 6.19 Å². The Labute approximate surface area is 131 Å². The Balaban J connectivity index is 1.76. The molecule has 0 atom stereocenters. The zero-order valence-electron chi connectivity index (χ0n) is 12.1. The Morgan fingerprint density at radius 3 is 2.95 bits per heavy atom. The van der Waals surface area contributed by atoms with Crippen LogP contribution in [-0.4, -0.2) is 34.6 Å². The number of nitriles is 1. The second-order valence-corrected chi connectivity index (χ2v) is 5.94. The first-order chi connectivity index (χ1) is 10.7. The van der Waals surface area contributed by atoms with Gasteiger partial charge in [0.05, 0.1) is 5.69 Å². The van der Waals surface area contributed by atoms with Crippen LogP contribution >= 0.6 is 11.8 Å². The third kappa shape index (κ3) is 2.79. The van der Waals surface area contributed by atoms with Crippen molar-refractivity contribution in [2.24, 2.45) is 4.99 Å². The predicted molar refractivity (Wildman–Crippen MR) is 84.1 cm³/mol. The quantitative estimate of drug-likeness (QED) is 0.458. The van der Waals surface area contributed by atoms with Crippen LogP contribution in [0.5, 0.6) is 0 Å². The molecular formula is C15H15FN4OS. The van der Waals surface area contributed by atoms with E-state index in [4.69, 9.17) is 9.78 Å². The third-order valence-corrected chi connectivity index (χ3v) is 4.66. The molecule has 22 heavy (non-hydrogen) atoms. The fraction of sp³-hybridized carbons (Fsp3) is 0.400. The standard InChI is InChI=1S/C15H15FN4OS/c1-22-15(18-9-17)20-6-4-10(5-7-20)14-12-3-2-11(16)8-13(12)21-19-14/h2-3,8,10H,4-7H2,1H3. The maximum Gasteiger partial charge on any atom is 0.208 e. The van der Waals surface area contributed by atoms with Crippen LogP contribution in [0.15, 0.2) is 27.7 Å². The minimum Gasteiger partial charge on any atom is -0.356 e. The van der Waals surface area contributed by atoms with E-state index in [1.165, 1.54) is 23.9 Å². The van der Waals surface area contributed by atoms with E-state index < -0.39 is 0 Å². The van der Waals surface area contributed by atoms with E-state index in [1.807, 2.05) is 12.4 Å². The lowest BCUT2D eigenvalue weighted by atomic mass is 9.92. The first-order valence-electron chi connectivity index (χ1n) is 7.03. The summed E-state index contributed by atoms with van der Waals surface area (Å²) in [7, 11) is 0. The number of nitrogens with zero attached hydrogens (tertiary/aromatic N) is 4. The van der Waals surface area contributed by atoms with E-state index >= 15 is 0 Å². The zero-order valence-corrected chi connectivity index (χ0v) is 12.9. The number of likely N-dealkylation sites (tertiary alicyclic amines) is 1. The maximum atomic E-state index is 13.2. The van der Waals surface area contributed by atoms with Crippen molar-refractivity contribution in [1.82, 2.24) is 10.1 Å². The number of hydrogen-bond donors (Lipinski definition) is 0. The van der Waals surface area contributed by atoms with Gasteiger partial charge in [0.25, 0.3) is 0 Å². The number of aliphatic imine (C=N–C) groups is 1. The van der Waals surface area contributed by atoms with Gasteiger partial charge in [-0.3, -0.25) is 0 Å². The minimum atomic E-state index is -0.317. The molecule has 5 nitrogen and oxygen atoms in total. The van der Waals surface area contributed by atoms with Gasteiger partial charge in [0.1, 0.15) is 5.82 Å². The van der Waals surface area contributed by atoms with Gasteiger partial charge in [0.2, 0.25) is 6.19 Å². The molecule has 0 radical (unpaired) electrons. The van der Waals surface area contributed by atoms with Gasteiger partial charge in [-0.1, -0.05) is 16.9 Å². The van der Waals surface area contributed by atoms with E-state index in [0.717, 1.165) is 42.2 Å². The van der Waals surface area contributed by atoms with Crippen LogP contribution in [0.25, 0.3) is 11.0 Å². The lowest BCUT2D eigenvalue weighted by molar-refractivity contribution is 0.308. The molecule has 2 heterocycles. The molecular weight excluding hydrogens is 303 g/mol. The summed E-state index contributed by atoms with van der Waals surface area (Å²) < 4.78 is 18.4. The summed E-state index contributed by atoms with van der Waals surface area (Å²) in [6.07, 6.45) is 5.58. The second kappa shape index (κ2) is 6.36. The fourth-order valence-corrected chi connectivity index (χ4v) is 3.43. The smallest absolute Gasteiger partial charge is 0.208 e. The molecule has 0 unspecified atom stereocenters. The molecule has 1 aromatic carbocycles. The van der Waals surface area contributed by atoms with Crippen LogP contribution in [0.1, 0.15) is 24.5 Å². The number of hydrogen-bond acceptors (Lipinski definition) is 5. The Bertz CT molecular complexity index is 744. The molecule has 0 saturated carbocycles. The summed E-state index contributed by atoms with van der Waals surface area (Å²) in [5.74, 6) is -0.0319. The van der Waals surface area contributed by atoms with E-state index in [-0.39, 0.29) is 11.7 Å². The topological polar surface area (TPSA) is 65.4 Å². The average molecular weight is 318 g/mol. The Hall–Kier alpha value is -2.07. The van der Waals surface area contributed by atoms with Crippen LogP contribution in [-0.2, 0) is 0 Å². The summed E-state index contributed by atoms with van der Waals surface area (Å²) >= 11 is 1.48. The van der Waals surface area contributed by atoms with Gasteiger partial charge in [-0.25, -0.2) is 4.39 Å². The number of rotatable bonds is 1. The molecule has 2 aromatic rings. The summed E-state index contributed by atoms with van der Waals surface area (Å²) in [5.41, 5.74) is 1.39. The summed E-state index contributed by atoms with van der Waals surface area (Å²) in [5, 5.41) is 14.5. The molecule has 0 amide bonds. The summed E-state index contributed by atoms with van der Waals surface area (Å²) in [6, 6.07) is 4.53. The predicted octanol–water partition coefficient (Wildman–Crippen LogP) is 3.35. The largest absolute Gasteiger partial charge is 0.356 e. The van der Waals surface area contributed by atoms with E-state index in [9.17, 15) is 4.39 Å². The number of thioether (sulfide) groups is 1. The second-order valence-electron chi connectivity index (χ2n) is 5.17. The van der Waals surface area contributed by atoms with Gasteiger partial charge in [0.15, 0.2) is 10.8 Å². The van der Waals surface area contributed by atoms with Gasteiger partial charge in [-0.2, -0.15) is 5.26 Å². The number of amidine groups is 1. The van der Waals surface area contributed by atoms with Gasteiger partial charge in [-0.15, -0.1) is 4.99 Å². The molecule has 1 aliphatic rings. The highest BCUT2D eigenvalue weighted by atomic mass is 32.2. The number of benzene rings is 1. The van der Waals surface area contributed by atoms with Crippen molar-refractivity contribution in [2.75, 3.05) is 19.3 Å². The van der Waals surface area contributed by atoms with Gasteiger partial charge in [-0.05, 0) is 31.2 Å². The van der Waals surface area contributed by atoms with Gasteiger partial charge >= 0.3 is 0 Å². The number of piperidine rings is 1. The highest BCUT2D eigenvalue weighted by Gasteiger charge is 2.26. The van der Waals surface area contributed by atoms with Crippen LogP contribution in [0, 0.1) is 17.3 Å². The Morgan fingerprint density at radius 1 is 1.50 bits per heavy atom. The van der Waals surface area contributed by atoms with E-state index in [1.54, 1.807) is 6.07 Å². The van der Waals surface area contributed by atoms with E-state index in [2.05, 4.69) is 15.0 Å². The van der Waals surface area contributed by atoms with Crippen LogP contribution in [0.3, 0.4) is 0 Å². The third-order valence-electron chi connectivity index (χ3n) is 3.94. The van der Waals surface area contributed by atoms with Crippen LogP contribution < -0.4 is 0 Å². The molecule has 7 heteroatoms. The highest BCUT2D eigenvalue weighted by Crippen LogP contribution is 2.33. The zero-order chi connectivity index (χ0) is 15.5. The molecule has 3 rings (SSSR count). The summed E-state index contributed by atoms with van der Waals surface area (Å²) in [6.45, 7) is 1.64. The Kier molecular flexibility index (Phi) is 4.29. The molecule has 1 aliphatic heterocycles. The van der Waals surface area contributed by atoms with Gasteiger partial charge < -0.3 is 9.42 Å². The molecule has 0 spiro atoms. The molecule has 0 bridgehead atoms. The van der Waals surface area contributed by atoms with Crippen molar-refractivity contribution in [3.05, 3.63) is 29.7 Å². The lowest BCUT2D eigenvalue weighted by Crippen LogP contribution is -2.36. The monoisotopic (exact) mass is 318 g/mol. The van der Waals surface area contributed by atoms with Crippen molar-refractivity contribution in [3.63, 3.8) is 0 Å². The van der Waals surface area contributed by atoms with Gasteiger partial charge in [0, 0.05) is 30.5 Å². The average Bonchev–Trinajstić information content (AvgIpc) is 2.95. The molecule has 1 fully saturated rings. The highest BCUT2D eigenvalue weighted by molar-refractivity contribution is 8.13. The molecule has 114 valence electrons. The summed E-state index contributed by atoms with van der Waals surface area (Å²) in [4.78, 5) is 5.97. The van der Waals surface area contributed by atoms with E-state index in [0.29, 0.717) is 5.58 Å². The van der Waals surface area contributed by atoms with Crippen molar-refractivity contribution in [1.29, 1.82) is 5.26 Å². The molecule has 1 saturated heterocycles. The fourth-order valence-electron chi connectivity index (χ4n) is 2.86. The number of aromatic nitrogens is 1. The van der Waals surface area contributed by atoms with Crippen molar-refractivity contribution < 1.29 is 8.91 Å². The lowest BCUT2D eigenvalue weighted by Gasteiger charge is -2.32. The number of halogens is 1. The SMILES string of the molecule is CSC(=NC#N)N1CCC(c2noc3cc(F)ccc23)CC1. The first kappa shape index (κ1) is 14.9. The molecule has 1 aromatic heterocycles. The van der Waals surface area contributed by atoms with Crippen LogP contribution in [0.2, 0.25) is 0 Å². The Morgan fingerprint density at radius 2 is 2.27 bits per heavy atom. The van der Waals surface area contributed by atoms with Crippen molar-refractivity contribution in [2.45, 2.75) is 18.8 Å². The van der Waals surface area contributed by atoms with Crippen molar-refractivity contribution >= 4 is 27.9 Å². The maximum absolute atomic E-state index is 13.2. The first-order valence-corrected chi connectivity index (χ1v) is 8.26. The van der Waals surface area contributed by atoms with Crippen LogP contribution in [0.4, 0.5) is 4.39 Å². The number of fused-ring (bicyclic) bond motifs is 1. The normalized spacial score (nSPS) is 17.0. The molecule has 0 N–H and O–H groups in total. The minimum absolute atomic E-state index is 0.285.